The number of fused-ring (bicyclic) bond motifs is 3. The van der Waals surface area contributed by atoms with Gasteiger partial charge in [-0.05, 0) is 30.3 Å². The quantitative estimate of drug-likeness (QED) is 0.193. The Hall–Kier alpha value is -2.29. The molecule has 6 N–H and O–H groups in total. The molecule has 0 bridgehead atoms. The van der Waals surface area contributed by atoms with E-state index < -0.39 is 85.8 Å². The van der Waals surface area contributed by atoms with E-state index in [-0.39, 0.29) is 11.3 Å². The van der Waals surface area contributed by atoms with Crippen LogP contribution in [0.5, 0.6) is 5.75 Å². The summed E-state index contributed by atoms with van der Waals surface area (Å²) in [4.78, 5) is 12.7. The van der Waals surface area contributed by atoms with Gasteiger partial charge in [-0.3, -0.25) is 0 Å². The summed E-state index contributed by atoms with van der Waals surface area (Å²) in [6.07, 6.45) is -6.99. The monoisotopic (exact) mass is 482 g/mol. The average molecular weight is 482 g/mol. The molecule has 0 spiro atoms. The van der Waals surface area contributed by atoms with E-state index in [0.29, 0.717) is 0 Å². The molecule has 0 amide bonds. The van der Waals surface area contributed by atoms with Crippen molar-refractivity contribution in [2.45, 2.75) is 54.8 Å². The molecule has 1 aliphatic carbocycles. The number of ether oxygens (including phenoxy) is 5. The first-order valence-corrected chi connectivity index (χ1v) is 10.9. The summed E-state index contributed by atoms with van der Waals surface area (Å²) < 4.78 is 28.3. The van der Waals surface area contributed by atoms with Crippen molar-refractivity contribution in [2.75, 3.05) is 13.2 Å². The maximum atomic E-state index is 12.7. The second kappa shape index (κ2) is 8.73. The number of aliphatic hydroxyl groups excluding tert-OH is 5. The lowest BCUT2D eigenvalue weighted by molar-refractivity contribution is -0.344. The molecule has 4 aliphatic rings. The van der Waals surface area contributed by atoms with Crippen molar-refractivity contribution in [1.29, 1.82) is 0 Å². The molecular weight excluding hydrogens is 456 g/mol. The van der Waals surface area contributed by atoms with Crippen molar-refractivity contribution >= 4 is 5.97 Å². The Morgan fingerprint density at radius 2 is 1.76 bits per heavy atom. The van der Waals surface area contributed by atoms with Gasteiger partial charge >= 0.3 is 5.97 Å². The Morgan fingerprint density at radius 3 is 2.44 bits per heavy atom. The topological polar surface area (TPSA) is 188 Å². The van der Waals surface area contributed by atoms with Gasteiger partial charge in [-0.2, -0.15) is 0 Å². The predicted molar refractivity (Wildman–Crippen MR) is 108 cm³/mol. The van der Waals surface area contributed by atoms with Crippen molar-refractivity contribution in [1.82, 2.24) is 0 Å². The number of rotatable bonds is 6. The van der Waals surface area contributed by atoms with Gasteiger partial charge < -0.3 is 54.3 Å². The molecule has 1 aromatic carbocycles. The van der Waals surface area contributed by atoms with Gasteiger partial charge in [-0.15, -0.1) is 0 Å². The number of phenols is 1. The van der Waals surface area contributed by atoms with Crippen LogP contribution in [0, 0.1) is 11.8 Å². The van der Waals surface area contributed by atoms with E-state index in [0.717, 1.165) is 0 Å². The van der Waals surface area contributed by atoms with E-state index in [2.05, 4.69) is 0 Å². The number of epoxide rings is 1. The molecule has 12 heteroatoms. The van der Waals surface area contributed by atoms with E-state index in [9.17, 15) is 35.4 Å². The molecule has 3 aliphatic heterocycles. The number of hydrogen-bond donors (Lipinski definition) is 6. The van der Waals surface area contributed by atoms with Gasteiger partial charge in [-0.25, -0.2) is 4.79 Å². The van der Waals surface area contributed by atoms with E-state index in [1.807, 2.05) is 0 Å². The fraction of sp³-hybridized carbons (Fsp3) is 0.591. The number of carbonyl (C=O) groups excluding carboxylic acids is 1. The lowest BCUT2D eigenvalue weighted by atomic mass is 9.85. The molecule has 12 nitrogen and oxygen atoms in total. The summed E-state index contributed by atoms with van der Waals surface area (Å²) in [5.41, 5.74) is -0.907. The van der Waals surface area contributed by atoms with Gasteiger partial charge in [0, 0.05) is 5.92 Å². The van der Waals surface area contributed by atoms with Crippen LogP contribution in [0.25, 0.3) is 0 Å². The highest BCUT2D eigenvalue weighted by Gasteiger charge is 2.77. The van der Waals surface area contributed by atoms with E-state index in [1.165, 1.54) is 30.5 Å². The SMILES string of the molecule is O=C(O[C@@H]1[C@H]2C=CO[C@H](O[C@H]3O[C@@H](CO)[C@@H](O)[C@@H](O)[C@H]3O)[C@@H]2[C@@]2(CO)O[C@H]12)c1ccc(O)cc1. The third kappa shape index (κ3) is 3.67. The van der Waals surface area contributed by atoms with Gasteiger partial charge in [-0.1, -0.05) is 0 Å². The van der Waals surface area contributed by atoms with Crippen LogP contribution in [-0.4, -0.2) is 105 Å². The summed E-state index contributed by atoms with van der Waals surface area (Å²) in [7, 11) is 0. The Balaban J connectivity index is 1.34. The summed E-state index contributed by atoms with van der Waals surface area (Å²) >= 11 is 0. The van der Waals surface area contributed by atoms with Crippen LogP contribution in [0.2, 0.25) is 0 Å². The standard InChI is InChI=1S/C22H26O12/c23-7-12-14(26)15(27)16(28)21(31-12)33-20-13-11(5-6-30-20)17(18-22(13,8-24)34-18)32-19(29)9-1-3-10(25)4-2-9/h1-6,11-18,20-21,23-28H,7-8H2/t11-,12-,13+,14+,15+,16+,17+,18+,20+,21+,22+/m0/s1. The highest BCUT2D eigenvalue weighted by molar-refractivity contribution is 5.89. The summed E-state index contributed by atoms with van der Waals surface area (Å²) in [5.74, 6) is -1.78. The molecule has 3 fully saturated rings. The second-order valence-electron chi connectivity index (χ2n) is 8.84. The molecule has 0 unspecified atom stereocenters. The van der Waals surface area contributed by atoms with Crippen LogP contribution in [0.3, 0.4) is 0 Å². The third-order valence-electron chi connectivity index (χ3n) is 6.94. The second-order valence-corrected chi connectivity index (χ2v) is 8.84. The smallest absolute Gasteiger partial charge is 0.338 e. The minimum atomic E-state index is -1.64. The molecule has 5 rings (SSSR count). The maximum Gasteiger partial charge on any atom is 0.338 e. The van der Waals surface area contributed by atoms with E-state index in [4.69, 9.17) is 23.7 Å². The van der Waals surface area contributed by atoms with Crippen LogP contribution < -0.4 is 0 Å². The molecule has 186 valence electrons. The fourth-order valence-corrected chi connectivity index (χ4v) is 5.08. The molecule has 2 saturated heterocycles. The van der Waals surface area contributed by atoms with Crippen LogP contribution in [0.4, 0.5) is 0 Å². The fourth-order valence-electron chi connectivity index (χ4n) is 5.08. The summed E-state index contributed by atoms with van der Waals surface area (Å²) in [5, 5.41) is 59.3. The minimum absolute atomic E-state index is 0.00264. The Bertz CT molecular complexity index is 934. The van der Waals surface area contributed by atoms with Crippen LogP contribution in [0.15, 0.2) is 36.6 Å². The van der Waals surface area contributed by atoms with Crippen LogP contribution in [0.1, 0.15) is 10.4 Å². The van der Waals surface area contributed by atoms with E-state index in [1.54, 1.807) is 6.08 Å². The normalized spacial score (nSPS) is 44.6. The van der Waals surface area contributed by atoms with E-state index >= 15 is 0 Å². The van der Waals surface area contributed by atoms with Crippen LogP contribution in [-0.2, 0) is 23.7 Å². The molecule has 0 radical (unpaired) electrons. The first kappa shape index (κ1) is 23.5. The number of benzene rings is 1. The molecule has 1 saturated carbocycles. The maximum absolute atomic E-state index is 12.7. The summed E-state index contributed by atoms with van der Waals surface area (Å²) in [6, 6.07) is 5.56. The first-order valence-electron chi connectivity index (χ1n) is 10.9. The lowest BCUT2D eigenvalue weighted by Gasteiger charge is -2.43. The Morgan fingerprint density at radius 1 is 1.03 bits per heavy atom. The zero-order chi connectivity index (χ0) is 24.2. The van der Waals surface area contributed by atoms with Gasteiger partial charge in [0.1, 0.15) is 48.0 Å². The Kier molecular flexibility index (Phi) is 6.02. The molecule has 34 heavy (non-hydrogen) atoms. The van der Waals surface area contributed by atoms with Crippen molar-refractivity contribution < 1.29 is 59.1 Å². The van der Waals surface area contributed by atoms with Crippen LogP contribution >= 0.6 is 0 Å². The zero-order valence-electron chi connectivity index (χ0n) is 17.8. The highest BCUT2D eigenvalue weighted by Crippen LogP contribution is 2.60. The highest BCUT2D eigenvalue weighted by atomic mass is 16.8. The van der Waals surface area contributed by atoms with Crippen molar-refractivity contribution in [3.8, 4) is 5.75 Å². The zero-order valence-corrected chi connectivity index (χ0v) is 17.8. The first-order chi connectivity index (χ1) is 16.3. The molecule has 3 heterocycles. The summed E-state index contributed by atoms with van der Waals surface area (Å²) in [6.45, 7) is -1.04. The number of aromatic hydroxyl groups is 1. The number of hydrogen-bond acceptors (Lipinski definition) is 12. The number of aliphatic hydroxyl groups is 5. The Labute approximate surface area is 193 Å². The minimum Gasteiger partial charge on any atom is -0.508 e. The molecule has 0 aromatic heterocycles. The molecule has 11 atom stereocenters. The number of phenolic OH excluding ortho intramolecular Hbond substituents is 1. The molecular formula is C22H26O12. The van der Waals surface area contributed by atoms with Crippen molar-refractivity contribution in [2.24, 2.45) is 11.8 Å². The van der Waals surface area contributed by atoms with Gasteiger partial charge in [0.05, 0.1) is 31.0 Å². The number of carbonyl (C=O) groups is 1. The van der Waals surface area contributed by atoms with Crippen molar-refractivity contribution in [3.05, 3.63) is 42.2 Å². The predicted octanol–water partition coefficient (Wildman–Crippen LogP) is -2.02. The number of esters is 1. The van der Waals surface area contributed by atoms with Crippen molar-refractivity contribution in [3.63, 3.8) is 0 Å². The molecule has 1 aromatic rings. The van der Waals surface area contributed by atoms with Gasteiger partial charge in [0.2, 0.25) is 6.29 Å². The average Bonchev–Trinajstić information content (AvgIpc) is 3.52. The third-order valence-corrected chi connectivity index (χ3v) is 6.94. The lowest BCUT2D eigenvalue weighted by Crippen LogP contribution is -2.60. The van der Waals surface area contributed by atoms with Gasteiger partial charge in [0.15, 0.2) is 6.29 Å². The van der Waals surface area contributed by atoms with Gasteiger partial charge in [0.25, 0.3) is 0 Å². The largest absolute Gasteiger partial charge is 0.508 e.